The Morgan fingerprint density at radius 2 is 1.80 bits per heavy atom. The van der Waals surface area contributed by atoms with Gasteiger partial charge in [-0.25, -0.2) is 0 Å². The highest BCUT2D eigenvalue weighted by Gasteiger charge is 2.37. The van der Waals surface area contributed by atoms with Gasteiger partial charge in [0, 0.05) is 0 Å². The molecule has 1 aliphatic carbocycles. The highest BCUT2D eigenvalue weighted by molar-refractivity contribution is 6.27. The van der Waals surface area contributed by atoms with Gasteiger partial charge < -0.3 is 4.43 Å². The van der Waals surface area contributed by atoms with E-state index >= 15 is 0 Å². The van der Waals surface area contributed by atoms with Crippen LogP contribution in [0, 0.1) is 5.92 Å². The molecule has 0 heterocycles. The summed E-state index contributed by atoms with van der Waals surface area (Å²) in [5.41, 5.74) is 0. The maximum Gasteiger partial charge on any atom is 0.146 e. The average molecular weight is 245 g/mol. The van der Waals surface area contributed by atoms with Crippen LogP contribution in [0.1, 0.15) is 32.1 Å². The van der Waals surface area contributed by atoms with Gasteiger partial charge in [-0.3, -0.25) is 0 Å². The van der Waals surface area contributed by atoms with Crippen molar-refractivity contribution in [1.82, 2.24) is 0 Å². The van der Waals surface area contributed by atoms with Gasteiger partial charge in [0.2, 0.25) is 0 Å². The predicted molar refractivity (Wildman–Crippen MR) is 70.4 cm³/mol. The number of rotatable bonds is 5. The van der Waals surface area contributed by atoms with E-state index in [1.165, 1.54) is 32.1 Å². The minimum atomic E-state index is -0.580. The second-order valence-corrected chi connectivity index (χ2v) is 5.42. The smallest absolute Gasteiger partial charge is 0.146 e. The molecule has 0 aromatic rings. The third-order valence-corrected chi connectivity index (χ3v) is 4.43. The molecule has 0 spiro atoms. The molecule has 0 N–H and O–H groups in total. The van der Waals surface area contributed by atoms with Crippen molar-refractivity contribution in [1.29, 1.82) is 0 Å². The zero-order valence-corrected chi connectivity index (χ0v) is 12.3. The topological polar surface area (TPSA) is 9.23 Å². The number of hydrogen-bond donors (Lipinski definition) is 0. The molecule has 0 bridgehead atoms. The molecule has 86 valence electrons. The summed E-state index contributed by atoms with van der Waals surface area (Å²) < 4.78 is 5.70. The fourth-order valence-electron chi connectivity index (χ4n) is 2.49. The van der Waals surface area contributed by atoms with Crippen LogP contribution in [0.2, 0.25) is 0 Å². The van der Waals surface area contributed by atoms with E-state index in [0.717, 1.165) is 0 Å². The van der Waals surface area contributed by atoms with Gasteiger partial charge in [-0.1, -0.05) is 31.4 Å². The van der Waals surface area contributed by atoms with E-state index < -0.39 is 4.87 Å². The maximum atomic E-state index is 6.47. The van der Waals surface area contributed by atoms with Gasteiger partial charge >= 0.3 is 0 Å². The van der Waals surface area contributed by atoms with E-state index in [1.807, 2.05) is 0 Å². The molecule has 1 fully saturated rings. The van der Waals surface area contributed by atoms with E-state index in [1.54, 1.807) is 12.2 Å². The lowest BCUT2D eigenvalue weighted by molar-refractivity contribution is 0.105. The van der Waals surface area contributed by atoms with Crippen LogP contribution in [0.15, 0.2) is 25.3 Å². The SMILES string of the molecule is C=CC(Cl)(C=C)C(O[SiH3])C1CCCCC1. The minimum absolute atomic E-state index is 0.0705. The average Bonchev–Trinajstić information content (AvgIpc) is 2.31. The lowest BCUT2D eigenvalue weighted by Gasteiger charge is -2.37. The summed E-state index contributed by atoms with van der Waals surface area (Å²) in [5.74, 6) is 0.574. The molecule has 1 aliphatic rings. The lowest BCUT2D eigenvalue weighted by Crippen LogP contribution is -2.41. The molecule has 1 unspecified atom stereocenters. The standard InChI is InChI=1S/C12H21ClOSi/c1-3-12(13,4-2)11(14-15)10-8-6-5-7-9-10/h3-4,10-11H,1-2,5-9H2,15H3. The Morgan fingerprint density at radius 3 is 2.20 bits per heavy atom. The Balaban J connectivity index is 2.75. The number of alkyl halides is 1. The van der Waals surface area contributed by atoms with Crippen LogP contribution in [0.4, 0.5) is 0 Å². The molecule has 0 aromatic carbocycles. The van der Waals surface area contributed by atoms with Crippen molar-refractivity contribution in [2.24, 2.45) is 5.92 Å². The molecular weight excluding hydrogens is 224 g/mol. The fraction of sp³-hybridized carbons (Fsp3) is 0.667. The zero-order valence-electron chi connectivity index (χ0n) is 9.55. The van der Waals surface area contributed by atoms with Crippen molar-refractivity contribution in [3.63, 3.8) is 0 Å². The normalized spacial score (nSPS) is 21.1. The molecule has 1 saturated carbocycles. The van der Waals surface area contributed by atoms with E-state index in [0.29, 0.717) is 16.4 Å². The van der Waals surface area contributed by atoms with Crippen molar-refractivity contribution in [3.8, 4) is 0 Å². The van der Waals surface area contributed by atoms with Gasteiger partial charge in [0.05, 0.1) is 6.10 Å². The second kappa shape index (κ2) is 5.88. The first-order chi connectivity index (χ1) is 7.18. The second-order valence-electron chi connectivity index (χ2n) is 4.29. The molecule has 1 atom stereocenters. The molecule has 3 heteroatoms. The Kier molecular flexibility index (Phi) is 5.10. The molecule has 15 heavy (non-hydrogen) atoms. The largest absolute Gasteiger partial charge is 0.422 e. The lowest BCUT2D eigenvalue weighted by atomic mass is 9.80. The molecule has 1 nitrogen and oxygen atoms in total. The summed E-state index contributed by atoms with van der Waals surface area (Å²) in [6.07, 6.45) is 9.99. The Morgan fingerprint density at radius 1 is 1.27 bits per heavy atom. The minimum Gasteiger partial charge on any atom is -0.422 e. The van der Waals surface area contributed by atoms with Gasteiger partial charge in [0.1, 0.15) is 15.4 Å². The van der Waals surface area contributed by atoms with Crippen molar-refractivity contribution in [3.05, 3.63) is 25.3 Å². The van der Waals surface area contributed by atoms with Crippen molar-refractivity contribution in [2.75, 3.05) is 0 Å². The first-order valence-corrected chi connectivity index (χ1v) is 6.86. The monoisotopic (exact) mass is 244 g/mol. The summed E-state index contributed by atoms with van der Waals surface area (Å²) in [4.78, 5) is -0.580. The molecule has 0 aromatic heterocycles. The van der Waals surface area contributed by atoms with Crippen LogP contribution >= 0.6 is 11.6 Å². The maximum absolute atomic E-state index is 6.47. The van der Waals surface area contributed by atoms with E-state index in [2.05, 4.69) is 13.2 Å². The fourth-order valence-corrected chi connectivity index (χ4v) is 3.68. The summed E-state index contributed by atoms with van der Waals surface area (Å²) in [5, 5.41) is 0. The third-order valence-electron chi connectivity index (χ3n) is 3.39. The third kappa shape index (κ3) is 2.96. The van der Waals surface area contributed by atoms with E-state index in [4.69, 9.17) is 16.0 Å². The van der Waals surface area contributed by atoms with Crippen LogP contribution in [0.5, 0.6) is 0 Å². The van der Waals surface area contributed by atoms with Crippen molar-refractivity contribution in [2.45, 2.75) is 43.1 Å². The van der Waals surface area contributed by atoms with Gasteiger partial charge in [0.25, 0.3) is 0 Å². The van der Waals surface area contributed by atoms with Crippen LogP contribution < -0.4 is 0 Å². The van der Waals surface area contributed by atoms with E-state index in [-0.39, 0.29) is 6.10 Å². The quantitative estimate of drug-likeness (QED) is 0.410. The molecule has 0 radical (unpaired) electrons. The highest BCUT2D eigenvalue weighted by Crippen LogP contribution is 2.37. The van der Waals surface area contributed by atoms with Crippen LogP contribution in [0.3, 0.4) is 0 Å². The first-order valence-electron chi connectivity index (χ1n) is 5.67. The summed E-state index contributed by atoms with van der Waals surface area (Å²) >= 11 is 6.47. The predicted octanol–water partition coefficient (Wildman–Crippen LogP) is 2.58. The van der Waals surface area contributed by atoms with E-state index in [9.17, 15) is 0 Å². The molecule has 0 aliphatic heterocycles. The molecule has 0 saturated heterocycles. The van der Waals surface area contributed by atoms with Crippen LogP contribution in [0.25, 0.3) is 0 Å². The molecule has 1 rings (SSSR count). The Hall–Kier alpha value is -0.0531. The molecule has 0 amide bonds. The number of halogens is 1. The van der Waals surface area contributed by atoms with Crippen molar-refractivity contribution >= 4 is 22.1 Å². The van der Waals surface area contributed by atoms with Crippen molar-refractivity contribution < 1.29 is 4.43 Å². The van der Waals surface area contributed by atoms with Gasteiger partial charge in [-0.15, -0.1) is 24.8 Å². The summed E-state index contributed by atoms with van der Waals surface area (Å²) in [7, 11) is 0.716. The van der Waals surface area contributed by atoms with Crippen LogP contribution in [-0.2, 0) is 4.43 Å². The highest BCUT2D eigenvalue weighted by atomic mass is 35.5. The van der Waals surface area contributed by atoms with Gasteiger partial charge in [0.15, 0.2) is 0 Å². The Bertz CT molecular complexity index is 216. The van der Waals surface area contributed by atoms with Crippen LogP contribution in [-0.4, -0.2) is 21.5 Å². The summed E-state index contributed by atoms with van der Waals surface area (Å²) in [6.45, 7) is 7.60. The Labute approximate surface area is 101 Å². The molecular formula is C12H21ClOSi. The van der Waals surface area contributed by atoms with Gasteiger partial charge in [-0.2, -0.15) is 0 Å². The van der Waals surface area contributed by atoms with Gasteiger partial charge in [-0.05, 0) is 18.8 Å². The first kappa shape index (κ1) is 13.0. The summed E-state index contributed by atoms with van der Waals surface area (Å²) in [6, 6.07) is 0. The number of hydrogen-bond acceptors (Lipinski definition) is 1. The zero-order chi connectivity index (χ0) is 11.3.